The Morgan fingerprint density at radius 1 is 1.14 bits per heavy atom. The van der Waals surface area contributed by atoms with E-state index >= 15 is 0 Å². The molecule has 1 aliphatic carbocycles. The van der Waals surface area contributed by atoms with Crippen molar-refractivity contribution < 1.29 is 4.79 Å². The van der Waals surface area contributed by atoms with Crippen LogP contribution in [0.15, 0.2) is 24.3 Å². The first-order chi connectivity index (χ1) is 9.65. The van der Waals surface area contributed by atoms with Gasteiger partial charge in [0.1, 0.15) is 0 Å². The smallest absolute Gasteiger partial charge is 0.239 e. The van der Waals surface area contributed by atoms with Gasteiger partial charge in [-0.1, -0.05) is 23.7 Å². The van der Waals surface area contributed by atoms with Crippen LogP contribution in [-0.4, -0.2) is 29.9 Å². The third-order valence-corrected chi connectivity index (χ3v) is 4.82. The van der Waals surface area contributed by atoms with Gasteiger partial charge >= 0.3 is 0 Å². The minimum absolute atomic E-state index is 0. The molecule has 0 spiro atoms. The number of hydrogen-bond donors (Lipinski definition) is 1. The molecule has 1 saturated carbocycles. The van der Waals surface area contributed by atoms with Crippen LogP contribution >= 0.6 is 24.0 Å². The largest absolute Gasteiger partial charge is 0.341 e. The Balaban J connectivity index is 0.00000161. The average Bonchev–Trinajstić information content (AvgIpc) is 3.31. The van der Waals surface area contributed by atoms with Crippen LogP contribution in [0.5, 0.6) is 0 Å². The first kappa shape index (κ1) is 16.6. The number of rotatable bonds is 3. The fourth-order valence-electron chi connectivity index (χ4n) is 3.04. The van der Waals surface area contributed by atoms with E-state index < -0.39 is 0 Å². The van der Waals surface area contributed by atoms with E-state index in [4.69, 9.17) is 17.3 Å². The van der Waals surface area contributed by atoms with E-state index in [9.17, 15) is 4.79 Å². The minimum atomic E-state index is -0.262. The Kier molecular flexibility index (Phi) is 5.53. The van der Waals surface area contributed by atoms with Gasteiger partial charge in [-0.05, 0) is 55.2 Å². The molecule has 1 saturated heterocycles. The summed E-state index contributed by atoms with van der Waals surface area (Å²) in [6, 6.07) is 7.82. The number of halogens is 2. The summed E-state index contributed by atoms with van der Waals surface area (Å²) < 4.78 is 0. The Hall–Kier alpha value is -0.770. The number of carbonyl (C=O) groups is 1. The minimum Gasteiger partial charge on any atom is -0.341 e. The van der Waals surface area contributed by atoms with Crippen LogP contribution in [0.2, 0.25) is 5.02 Å². The maximum Gasteiger partial charge on any atom is 0.239 e. The van der Waals surface area contributed by atoms with Crippen molar-refractivity contribution in [3.05, 3.63) is 34.9 Å². The second-order valence-electron chi connectivity index (χ2n) is 6.01. The van der Waals surface area contributed by atoms with Gasteiger partial charge in [-0.15, -0.1) is 12.4 Å². The van der Waals surface area contributed by atoms with Gasteiger partial charge in [-0.3, -0.25) is 4.79 Å². The van der Waals surface area contributed by atoms with Gasteiger partial charge < -0.3 is 10.6 Å². The van der Waals surface area contributed by atoms with Crippen molar-refractivity contribution >= 4 is 29.9 Å². The SMILES string of the molecule is Cl.N[C@@H](C(=O)N1CCC(c2ccc(Cl)cc2)CC1)C1CC1. The standard InChI is InChI=1S/C16H21ClN2O.ClH/c17-14-5-3-11(4-6-14)12-7-9-19(10-8-12)16(20)15(18)13-1-2-13;/h3-6,12-13,15H,1-2,7-10,18H2;1H/t15-;/m1./s1. The molecule has 1 atom stereocenters. The summed E-state index contributed by atoms with van der Waals surface area (Å²) in [5, 5.41) is 0.775. The topological polar surface area (TPSA) is 46.3 Å². The molecule has 2 N–H and O–H groups in total. The summed E-state index contributed by atoms with van der Waals surface area (Å²) >= 11 is 5.92. The average molecular weight is 329 g/mol. The number of nitrogens with two attached hydrogens (primary N) is 1. The summed E-state index contributed by atoms with van der Waals surface area (Å²) in [7, 11) is 0. The highest BCUT2D eigenvalue weighted by atomic mass is 35.5. The molecule has 1 aliphatic heterocycles. The Morgan fingerprint density at radius 3 is 2.24 bits per heavy atom. The molecule has 0 unspecified atom stereocenters. The van der Waals surface area contributed by atoms with Crippen molar-refractivity contribution in [1.82, 2.24) is 4.90 Å². The van der Waals surface area contributed by atoms with E-state index in [1.54, 1.807) is 0 Å². The lowest BCUT2D eigenvalue weighted by Crippen LogP contribution is -2.47. The molecule has 1 heterocycles. The zero-order valence-electron chi connectivity index (χ0n) is 12.0. The fourth-order valence-corrected chi connectivity index (χ4v) is 3.16. The predicted molar refractivity (Wildman–Crippen MR) is 88.0 cm³/mol. The second kappa shape index (κ2) is 6.99. The predicted octanol–water partition coefficient (Wildman–Crippen LogP) is 3.21. The van der Waals surface area contributed by atoms with Gasteiger partial charge in [0.05, 0.1) is 6.04 Å². The number of piperidine rings is 1. The molecule has 21 heavy (non-hydrogen) atoms. The van der Waals surface area contributed by atoms with Gasteiger partial charge in [0.2, 0.25) is 5.91 Å². The van der Waals surface area contributed by atoms with Gasteiger partial charge in [0.25, 0.3) is 0 Å². The van der Waals surface area contributed by atoms with Crippen LogP contribution in [0, 0.1) is 5.92 Å². The summed E-state index contributed by atoms with van der Waals surface area (Å²) in [6.07, 6.45) is 4.28. The molecule has 1 aromatic rings. The molecular formula is C16H22Cl2N2O. The third-order valence-electron chi connectivity index (χ3n) is 4.56. The van der Waals surface area contributed by atoms with Crippen LogP contribution in [0.25, 0.3) is 0 Å². The van der Waals surface area contributed by atoms with E-state index in [2.05, 4.69) is 12.1 Å². The van der Waals surface area contributed by atoms with E-state index in [0.717, 1.165) is 43.8 Å². The highest BCUT2D eigenvalue weighted by Crippen LogP contribution is 2.34. The number of benzene rings is 1. The van der Waals surface area contributed by atoms with E-state index in [-0.39, 0.29) is 24.4 Å². The first-order valence-corrected chi connectivity index (χ1v) is 7.83. The summed E-state index contributed by atoms with van der Waals surface area (Å²) in [6.45, 7) is 1.65. The van der Waals surface area contributed by atoms with Gasteiger partial charge in [0.15, 0.2) is 0 Å². The summed E-state index contributed by atoms with van der Waals surface area (Å²) in [5.74, 6) is 1.13. The van der Waals surface area contributed by atoms with Gasteiger partial charge in [0, 0.05) is 18.1 Å². The van der Waals surface area contributed by atoms with Crippen molar-refractivity contribution in [1.29, 1.82) is 0 Å². The quantitative estimate of drug-likeness (QED) is 0.926. The van der Waals surface area contributed by atoms with E-state index in [1.807, 2.05) is 17.0 Å². The highest BCUT2D eigenvalue weighted by molar-refractivity contribution is 6.30. The van der Waals surface area contributed by atoms with Crippen LogP contribution < -0.4 is 5.73 Å². The van der Waals surface area contributed by atoms with Crippen molar-refractivity contribution in [3.63, 3.8) is 0 Å². The lowest BCUT2D eigenvalue weighted by atomic mass is 9.89. The molecule has 3 nitrogen and oxygen atoms in total. The lowest BCUT2D eigenvalue weighted by molar-refractivity contribution is -0.134. The molecule has 5 heteroatoms. The molecular weight excluding hydrogens is 307 g/mol. The monoisotopic (exact) mass is 328 g/mol. The maximum atomic E-state index is 12.3. The maximum absolute atomic E-state index is 12.3. The normalized spacial score (nSPS) is 20.8. The third kappa shape index (κ3) is 3.91. The van der Waals surface area contributed by atoms with Crippen LogP contribution in [0.1, 0.15) is 37.2 Å². The van der Waals surface area contributed by atoms with Crippen molar-refractivity contribution in [2.24, 2.45) is 11.7 Å². The summed E-state index contributed by atoms with van der Waals surface area (Å²) in [4.78, 5) is 14.2. The van der Waals surface area contributed by atoms with E-state index in [1.165, 1.54) is 5.56 Å². The molecule has 0 aromatic heterocycles. The molecule has 2 fully saturated rings. The molecule has 1 amide bonds. The van der Waals surface area contributed by atoms with Crippen LogP contribution in [0.3, 0.4) is 0 Å². The van der Waals surface area contributed by atoms with Crippen molar-refractivity contribution in [3.8, 4) is 0 Å². The molecule has 2 aliphatic rings. The molecule has 116 valence electrons. The molecule has 1 aromatic carbocycles. The highest BCUT2D eigenvalue weighted by Gasteiger charge is 2.36. The second-order valence-corrected chi connectivity index (χ2v) is 6.45. The lowest BCUT2D eigenvalue weighted by Gasteiger charge is -2.33. The number of amides is 1. The van der Waals surface area contributed by atoms with Crippen LogP contribution in [0.4, 0.5) is 0 Å². The molecule has 0 radical (unpaired) electrons. The number of likely N-dealkylation sites (tertiary alicyclic amines) is 1. The van der Waals surface area contributed by atoms with Gasteiger partial charge in [-0.25, -0.2) is 0 Å². The number of hydrogen-bond acceptors (Lipinski definition) is 2. The Labute approximate surface area is 137 Å². The van der Waals surface area contributed by atoms with Crippen molar-refractivity contribution in [2.45, 2.75) is 37.6 Å². The Bertz CT molecular complexity index is 480. The zero-order chi connectivity index (χ0) is 14.1. The molecule has 0 bridgehead atoms. The van der Waals surface area contributed by atoms with Crippen LogP contribution in [-0.2, 0) is 4.79 Å². The van der Waals surface area contributed by atoms with E-state index in [0.29, 0.717) is 11.8 Å². The number of carbonyl (C=O) groups excluding carboxylic acids is 1. The number of nitrogens with zero attached hydrogens (tertiary/aromatic N) is 1. The fraction of sp³-hybridized carbons (Fsp3) is 0.562. The van der Waals surface area contributed by atoms with Crippen molar-refractivity contribution in [2.75, 3.05) is 13.1 Å². The van der Waals surface area contributed by atoms with Gasteiger partial charge in [-0.2, -0.15) is 0 Å². The zero-order valence-corrected chi connectivity index (χ0v) is 13.6. The first-order valence-electron chi connectivity index (χ1n) is 7.45. The summed E-state index contributed by atoms with van der Waals surface area (Å²) in [5.41, 5.74) is 7.34. The molecule has 3 rings (SSSR count). The Morgan fingerprint density at radius 2 is 1.71 bits per heavy atom.